The van der Waals surface area contributed by atoms with E-state index >= 15 is 0 Å². The van der Waals surface area contributed by atoms with Gasteiger partial charge in [-0.2, -0.15) is 0 Å². The van der Waals surface area contributed by atoms with Gasteiger partial charge in [0.2, 0.25) is 0 Å². The van der Waals surface area contributed by atoms with Crippen LogP contribution < -0.4 is 5.32 Å². The SMILES string of the molecule is CN=C/C=C(\C=NC)NC. The van der Waals surface area contributed by atoms with E-state index in [2.05, 4.69) is 15.3 Å². The second kappa shape index (κ2) is 6.01. The maximum absolute atomic E-state index is 3.84. The fourth-order valence-corrected chi connectivity index (χ4v) is 0.485. The Balaban J connectivity index is 4.04. The van der Waals surface area contributed by atoms with E-state index in [1.807, 2.05) is 13.1 Å². The molecule has 0 unspecified atom stereocenters. The van der Waals surface area contributed by atoms with Crippen molar-refractivity contribution in [2.24, 2.45) is 9.98 Å². The molecule has 0 rings (SSSR count). The Kier molecular flexibility index (Phi) is 5.33. The number of hydrogen-bond donors (Lipinski definition) is 1. The van der Waals surface area contributed by atoms with Crippen LogP contribution in [0.4, 0.5) is 0 Å². The molecule has 0 radical (unpaired) electrons. The Morgan fingerprint density at radius 2 is 2.00 bits per heavy atom. The molecule has 0 saturated heterocycles. The number of aliphatic imine (C=N–C) groups is 2. The lowest BCUT2D eigenvalue weighted by Crippen LogP contribution is -2.06. The molecule has 0 saturated carbocycles. The van der Waals surface area contributed by atoms with Gasteiger partial charge in [-0.15, -0.1) is 0 Å². The molecule has 0 bridgehead atoms. The minimum atomic E-state index is 0.952. The molecule has 0 amide bonds. The van der Waals surface area contributed by atoms with Crippen molar-refractivity contribution < 1.29 is 0 Å². The van der Waals surface area contributed by atoms with Gasteiger partial charge in [0.15, 0.2) is 0 Å². The van der Waals surface area contributed by atoms with E-state index < -0.39 is 0 Å². The van der Waals surface area contributed by atoms with Gasteiger partial charge >= 0.3 is 0 Å². The molecule has 0 aromatic rings. The molecular formula is C7H13N3. The third kappa shape index (κ3) is 3.83. The molecule has 0 aromatic heterocycles. The van der Waals surface area contributed by atoms with Gasteiger partial charge in [-0.25, -0.2) is 0 Å². The molecule has 0 spiro atoms. The summed E-state index contributed by atoms with van der Waals surface area (Å²) in [5.74, 6) is 0. The van der Waals surface area contributed by atoms with Crippen LogP contribution >= 0.6 is 0 Å². The number of allylic oxidation sites excluding steroid dienone is 2. The summed E-state index contributed by atoms with van der Waals surface area (Å²) < 4.78 is 0. The summed E-state index contributed by atoms with van der Waals surface area (Å²) in [6, 6.07) is 0. The molecule has 0 aliphatic heterocycles. The van der Waals surface area contributed by atoms with Crippen LogP contribution in [0.25, 0.3) is 0 Å². The predicted molar refractivity (Wildman–Crippen MR) is 46.0 cm³/mol. The van der Waals surface area contributed by atoms with Crippen molar-refractivity contribution in [1.29, 1.82) is 0 Å². The highest BCUT2D eigenvalue weighted by Gasteiger charge is 1.81. The zero-order valence-electron chi connectivity index (χ0n) is 6.63. The monoisotopic (exact) mass is 139 g/mol. The van der Waals surface area contributed by atoms with Crippen molar-refractivity contribution in [3.05, 3.63) is 11.8 Å². The second-order valence-electron chi connectivity index (χ2n) is 1.67. The Hall–Kier alpha value is -1.12. The molecule has 0 fully saturated rings. The lowest BCUT2D eigenvalue weighted by Gasteiger charge is -1.94. The molecule has 0 aliphatic rings. The molecule has 0 atom stereocenters. The highest BCUT2D eigenvalue weighted by atomic mass is 14.8. The van der Waals surface area contributed by atoms with Crippen molar-refractivity contribution in [2.75, 3.05) is 21.1 Å². The van der Waals surface area contributed by atoms with Crippen LogP contribution in [0.2, 0.25) is 0 Å². The topological polar surface area (TPSA) is 36.8 Å². The summed E-state index contributed by atoms with van der Waals surface area (Å²) in [6.07, 6.45) is 5.31. The minimum Gasteiger partial charge on any atom is -0.387 e. The van der Waals surface area contributed by atoms with Gasteiger partial charge in [-0.1, -0.05) is 0 Å². The fraction of sp³-hybridized carbons (Fsp3) is 0.429. The summed E-state index contributed by atoms with van der Waals surface area (Å²) in [6.45, 7) is 0. The van der Waals surface area contributed by atoms with Crippen molar-refractivity contribution in [1.82, 2.24) is 5.32 Å². The van der Waals surface area contributed by atoms with E-state index in [1.165, 1.54) is 0 Å². The summed E-state index contributed by atoms with van der Waals surface area (Å²) in [5.41, 5.74) is 0.952. The van der Waals surface area contributed by atoms with Gasteiger partial charge < -0.3 is 5.32 Å². The summed E-state index contributed by atoms with van der Waals surface area (Å²) in [7, 11) is 5.30. The van der Waals surface area contributed by atoms with E-state index in [1.54, 1.807) is 26.5 Å². The zero-order chi connectivity index (χ0) is 7.82. The summed E-state index contributed by atoms with van der Waals surface area (Å²) in [5, 5.41) is 2.96. The van der Waals surface area contributed by atoms with Gasteiger partial charge in [0.05, 0.1) is 5.70 Å². The third-order valence-electron chi connectivity index (χ3n) is 0.960. The van der Waals surface area contributed by atoms with Crippen LogP contribution in [0.15, 0.2) is 21.8 Å². The summed E-state index contributed by atoms with van der Waals surface area (Å²) >= 11 is 0. The molecule has 0 aliphatic carbocycles. The number of hydrogen-bond acceptors (Lipinski definition) is 3. The normalized spacial score (nSPS) is 13.3. The van der Waals surface area contributed by atoms with Gasteiger partial charge in [0.1, 0.15) is 0 Å². The highest BCUT2D eigenvalue weighted by Crippen LogP contribution is 1.79. The van der Waals surface area contributed by atoms with Gasteiger partial charge in [0.25, 0.3) is 0 Å². The Morgan fingerprint density at radius 1 is 1.30 bits per heavy atom. The van der Waals surface area contributed by atoms with Crippen LogP contribution in [0, 0.1) is 0 Å². The Bertz CT molecular complexity index is 156. The molecule has 0 heterocycles. The standard InChI is InChI=1S/C7H13N3/c1-8-5-4-7(10-3)6-9-2/h4-6,10H,1-3H3/b7-4+,8-5?,9-6?. The first-order valence-electron chi connectivity index (χ1n) is 3.07. The quantitative estimate of drug-likeness (QED) is 0.568. The van der Waals surface area contributed by atoms with Crippen LogP contribution in [0.3, 0.4) is 0 Å². The maximum Gasteiger partial charge on any atom is 0.0534 e. The molecule has 56 valence electrons. The molecule has 10 heavy (non-hydrogen) atoms. The van der Waals surface area contributed by atoms with Gasteiger partial charge in [-0.3, -0.25) is 9.98 Å². The first-order chi connectivity index (χ1) is 4.85. The van der Waals surface area contributed by atoms with E-state index in [0.717, 1.165) is 5.70 Å². The maximum atomic E-state index is 3.84. The zero-order valence-corrected chi connectivity index (χ0v) is 6.63. The van der Waals surface area contributed by atoms with Crippen molar-refractivity contribution >= 4 is 12.4 Å². The third-order valence-corrected chi connectivity index (χ3v) is 0.960. The van der Waals surface area contributed by atoms with Crippen molar-refractivity contribution in [2.45, 2.75) is 0 Å². The van der Waals surface area contributed by atoms with E-state index in [9.17, 15) is 0 Å². The number of nitrogens with one attached hydrogen (secondary N) is 1. The van der Waals surface area contributed by atoms with Gasteiger partial charge in [0, 0.05) is 33.6 Å². The molecule has 3 nitrogen and oxygen atoms in total. The Labute approximate surface area is 61.6 Å². The number of nitrogens with zero attached hydrogens (tertiary/aromatic N) is 2. The van der Waals surface area contributed by atoms with Crippen LogP contribution in [-0.4, -0.2) is 33.6 Å². The lowest BCUT2D eigenvalue weighted by molar-refractivity contribution is 1.06. The van der Waals surface area contributed by atoms with E-state index in [0.29, 0.717) is 0 Å². The Morgan fingerprint density at radius 3 is 2.40 bits per heavy atom. The smallest absolute Gasteiger partial charge is 0.0534 e. The highest BCUT2D eigenvalue weighted by molar-refractivity contribution is 5.85. The fourth-order valence-electron chi connectivity index (χ4n) is 0.485. The second-order valence-corrected chi connectivity index (χ2v) is 1.67. The van der Waals surface area contributed by atoms with Gasteiger partial charge in [-0.05, 0) is 6.08 Å². The van der Waals surface area contributed by atoms with Crippen LogP contribution in [0.1, 0.15) is 0 Å². The predicted octanol–water partition coefficient (Wildman–Crippen LogP) is 0.491. The van der Waals surface area contributed by atoms with Crippen LogP contribution in [-0.2, 0) is 0 Å². The minimum absolute atomic E-state index is 0.952. The molecule has 3 heteroatoms. The number of rotatable bonds is 3. The van der Waals surface area contributed by atoms with Crippen molar-refractivity contribution in [3.63, 3.8) is 0 Å². The summed E-state index contributed by atoms with van der Waals surface area (Å²) in [4.78, 5) is 7.64. The first kappa shape index (κ1) is 8.88. The van der Waals surface area contributed by atoms with Crippen molar-refractivity contribution in [3.8, 4) is 0 Å². The van der Waals surface area contributed by atoms with Crippen LogP contribution in [0.5, 0.6) is 0 Å². The molecular weight excluding hydrogens is 126 g/mol. The van der Waals surface area contributed by atoms with E-state index in [-0.39, 0.29) is 0 Å². The molecule has 1 N–H and O–H groups in total. The lowest BCUT2D eigenvalue weighted by atomic mass is 10.4. The molecule has 0 aromatic carbocycles. The first-order valence-corrected chi connectivity index (χ1v) is 3.07. The average Bonchev–Trinajstić information content (AvgIpc) is 1.98. The van der Waals surface area contributed by atoms with E-state index in [4.69, 9.17) is 0 Å². The largest absolute Gasteiger partial charge is 0.387 e. The average molecular weight is 139 g/mol.